The zero-order chi connectivity index (χ0) is 21.2. The first kappa shape index (κ1) is 21.4. The third-order valence-electron chi connectivity index (χ3n) is 5.04. The lowest BCUT2D eigenvalue weighted by molar-refractivity contribution is -0.114. The lowest BCUT2D eigenvalue weighted by atomic mass is 9.95. The van der Waals surface area contributed by atoms with E-state index >= 15 is 0 Å². The van der Waals surface area contributed by atoms with Gasteiger partial charge in [-0.05, 0) is 43.2 Å². The monoisotopic (exact) mass is 407 g/mol. The van der Waals surface area contributed by atoms with Gasteiger partial charge in [-0.3, -0.25) is 9.59 Å². The maximum atomic E-state index is 12.5. The van der Waals surface area contributed by atoms with Crippen molar-refractivity contribution < 1.29 is 14.3 Å². The van der Waals surface area contributed by atoms with E-state index in [1.807, 2.05) is 24.3 Å². The maximum Gasteiger partial charge on any atom is 0.251 e. The van der Waals surface area contributed by atoms with Crippen molar-refractivity contribution in [3.63, 3.8) is 0 Å². The highest BCUT2D eigenvalue weighted by Crippen LogP contribution is 2.23. The van der Waals surface area contributed by atoms with Gasteiger partial charge in [-0.2, -0.15) is 0 Å². The Hall–Kier alpha value is -3.28. The van der Waals surface area contributed by atoms with Crippen molar-refractivity contribution in [3.05, 3.63) is 66.7 Å². The van der Waals surface area contributed by atoms with E-state index in [4.69, 9.17) is 4.74 Å². The van der Waals surface area contributed by atoms with Gasteiger partial charge in [0.15, 0.2) is 0 Å². The van der Waals surface area contributed by atoms with Gasteiger partial charge in [0, 0.05) is 17.3 Å². The van der Waals surface area contributed by atoms with E-state index < -0.39 is 0 Å². The molecule has 3 rings (SSSR count). The van der Waals surface area contributed by atoms with Gasteiger partial charge in [0.1, 0.15) is 12.4 Å². The zero-order valence-corrected chi connectivity index (χ0v) is 17.2. The second-order valence-corrected chi connectivity index (χ2v) is 7.39. The number of ether oxygens (including phenoxy) is 1. The van der Waals surface area contributed by atoms with Crippen LogP contribution in [0.2, 0.25) is 0 Å². The first-order valence-corrected chi connectivity index (χ1v) is 10.4. The smallest absolute Gasteiger partial charge is 0.251 e. The number of carbonyl (C=O) groups is 2. The number of para-hydroxylation sites is 2. The molecule has 2 aromatic rings. The molecule has 1 aliphatic rings. The van der Waals surface area contributed by atoms with Crippen LogP contribution in [0, 0.1) is 0 Å². The van der Waals surface area contributed by atoms with Gasteiger partial charge in [-0.25, -0.2) is 0 Å². The van der Waals surface area contributed by atoms with Crippen LogP contribution in [-0.2, 0) is 4.79 Å². The summed E-state index contributed by atoms with van der Waals surface area (Å²) in [5.41, 5.74) is 1.92. The largest absolute Gasteiger partial charge is 0.487 e. The predicted molar refractivity (Wildman–Crippen MR) is 120 cm³/mol. The van der Waals surface area contributed by atoms with Crippen molar-refractivity contribution in [2.45, 2.75) is 38.1 Å². The molecular formula is C24H29N3O3. The number of carbonyl (C=O) groups excluding carboxylic acids is 2. The first-order chi connectivity index (χ1) is 14.7. The Balaban J connectivity index is 1.53. The highest BCUT2D eigenvalue weighted by molar-refractivity contribution is 5.96. The molecule has 0 heterocycles. The van der Waals surface area contributed by atoms with E-state index in [9.17, 15) is 9.59 Å². The minimum atomic E-state index is -0.207. The highest BCUT2D eigenvalue weighted by Gasteiger charge is 2.17. The summed E-state index contributed by atoms with van der Waals surface area (Å²) in [6.07, 6.45) is 7.33. The molecule has 1 fully saturated rings. The van der Waals surface area contributed by atoms with Crippen molar-refractivity contribution in [2.75, 3.05) is 23.8 Å². The fraction of sp³-hybridized carbons (Fsp3) is 0.333. The topological polar surface area (TPSA) is 79.5 Å². The molecule has 2 aromatic carbocycles. The standard InChI is InChI=1S/C24H29N3O3/c1-2-15-30-22-14-7-6-13-21(22)27-23(28)17-25-20-12-8-9-18(16-20)24(29)26-19-10-4-3-5-11-19/h2,6-9,12-14,16,19,25H,1,3-5,10-11,15,17H2,(H,26,29)(H,27,28). The van der Waals surface area contributed by atoms with Gasteiger partial charge < -0.3 is 20.7 Å². The third kappa shape index (κ3) is 6.37. The third-order valence-corrected chi connectivity index (χ3v) is 5.04. The van der Waals surface area contributed by atoms with E-state index in [0.29, 0.717) is 23.6 Å². The summed E-state index contributed by atoms with van der Waals surface area (Å²) in [5.74, 6) is 0.317. The molecule has 1 saturated carbocycles. The van der Waals surface area contributed by atoms with Gasteiger partial charge in [0.2, 0.25) is 5.91 Å². The average Bonchev–Trinajstić information content (AvgIpc) is 2.78. The van der Waals surface area contributed by atoms with E-state index in [2.05, 4.69) is 22.5 Å². The molecule has 2 amide bonds. The molecule has 0 saturated heterocycles. The molecule has 0 aromatic heterocycles. The molecule has 6 nitrogen and oxygen atoms in total. The molecule has 0 unspecified atom stereocenters. The van der Waals surface area contributed by atoms with Crippen molar-refractivity contribution in [3.8, 4) is 5.75 Å². The lowest BCUT2D eigenvalue weighted by Crippen LogP contribution is -2.36. The molecule has 3 N–H and O–H groups in total. The number of hydrogen-bond acceptors (Lipinski definition) is 4. The molecule has 158 valence electrons. The van der Waals surface area contributed by atoms with Crippen LogP contribution in [0.15, 0.2) is 61.2 Å². The van der Waals surface area contributed by atoms with Crippen LogP contribution in [0.25, 0.3) is 0 Å². The Morgan fingerprint density at radius 2 is 1.87 bits per heavy atom. The Kier molecular flexibility index (Phi) is 7.89. The zero-order valence-electron chi connectivity index (χ0n) is 17.2. The molecule has 0 spiro atoms. The average molecular weight is 408 g/mol. The van der Waals surface area contributed by atoms with Crippen LogP contribution in [0.5, 0.6) is 5.75 Å². The first-order valence-electron chi connectivity index (χ1n) is 10.4. The molecule has 30 heavy (non-hydrogen) atoms. The number of amides is 2. The van der Waals surface area contributed by atoms with Gasteiger partial charge in [0.25, 0.3) is 5.91 Å². The number of nitrogens with one attached hydrogen (secondary N) is 3. The fourth-order valence-electron chi connectivity index (χ4n) is 3.51. The van der Waals surface area contributed by atoms with Crippen LogP contribution in [-0.4, -0.2) is 31.0 Å². The molecule has 0 bridgehead atoms. The van der Waals surface area contributed by atoms with Gasteiger partial charge in [0.05, 0.1) is 12.2 Å². The van der Waals surface area contributed by atoms with Crippen LogP contribution < -0.4 is 20.7 Å². The van der Waals surface area contributed by atoms with Crippen LogP contribution in [0.4, 0.5) is 11.4 Å². The van der Waals surface area contributed by atoms with E-state index in [-0.39, 0.29) is 24.4 Å². The predicted octanol–water partition coefficient (Wildman–Crippen LogP) is 4.36. The van der Waals surface area contributed by atoms with Gasteiger partial charge >= 0.3 is 0 Å². The molecule has 0 atom stereocenters. The number of benzene rings is 2. The van der Waals surface area contributed by atoms with Crippen molar-refractivity contribution in [2.24, 2.45) is 0 Å². The van der Waals surface area contributed by atoms with Crippen molar-refractivity contribution in [1.82, 2.24) is 5.32 Å². The molecular weight excluding hydrogens is 378 g/mol. The second-order valence-electron chi connectivity index (χ2n) is 7.39. The number of hydrogen-bond donors (Lipinski definition) is 3. The van der Waals surface area contributed by atoms with Crippen molar-refractivity contribution in [1.29, 1.82) is 0 Å². The van der Waals surface area contributed by atoms with Gasteiger partial charge in [-0.1, -0.05) is 50.1 Å². The number of anilines is 2. The summed E-state index contributed by atoms with van der Waals surface area (Å²) >= 11 is 0. The van der Waals surface area contributed by atoms with E-state index in [1.54, 1.807) is 30.3 Å². The summed E-state index contributed by atoms with van der Waals surface area (Å²) in [7, 11) is 0. The van der Waals surface area contributed by atoms with Gasteiger partial charge in [-0.15, -0.1) is 0 Å². The van der Waals surface area contributed by atoms with E-state index in [0.717, 1.165) is 18.5 Å². The molecule has 1 aliphatic carbocycles. The minimum absolute atomic E-state index is 0.0664. The second kappa shape index (κ2) is 11.0. The quantitative estimate of drug-likeness (QED) is 0.540. The van der Waals surface area contributed by atoms with E-state index in [1.165, 1.54) is 19.3 Å². The SMILES string of the molecule is C=CCOc1ccccc1NC(=O)CNc1cccc(C(=O)NC2CCCCC2)c1. The Labute approximate surface area is 177 Å². The number of rotatable bonds is 9. The summed E-state index contributed by atoms with van der Waals surface area (Å²) < 4.78 is 5.56. The van der Waals surface area contributed by atoms with Crippen LogP contribution >= 0.6 is 0 Å². The lowest BCUT2D eigenvalue weighted by Gasteiger charge is -2.22. The molecule has 0 radical (unpaired) electrons. The maximum absolute atomic E-state index is 12.5. The Morgan fingerprint density at radius 3 is 2.67 bits per heavy atom. The fourth-order valence-corrected chi connectivity index (χ4v) is 3.51. The summed E-state index contributed by atoms with van der Waals surface area (Å²) in [5, 5.41) is 9.03. The highest BCUT2D eigenvalue weighted by atomic mass is 16.5. The molecule has 0 aliphatic heterocycles. The Morgan fingerprint density at radius 1 is 1.07 bits per heavy atom. The summed E-state index contributed by atoms with van der Waals surface area (Å²) in [4.78, 5) is 24.9. The summed E-state index contributed by atoms with van der Waals surface area (Å²) in [6.45, 7) is 4.07. The Bertz CT molecular complexity index is 876. The normalized spacial score (nSPS) is 13.9. The minimum Gasteiger partial charge on any atom is -0.487 e. The summed E-state index contributed by atoms with van der Waals surface area (Å²) in [6, 6.07) is 14.7. The van der Waals surface area contributed by atoms with Crippen LogP contribution in [0.3, 0.4) is 0 Å². The van der Waals surface area contributed by atoms with Crippen molar-refractivity contribution >= 4 is 23.2 Å². The molecule has 6 heteroatoms. The van der Waals surface area contributed by atoms with Crippen LogP contribution in [0.1, 0.15) is 42.5 Å².